The monoisotopic (exact) mass is 163 g/mol. The van der Waals surface area contributed by atoms with Crippen LogP contribution < -0.4 is 10.5 Å². The Morgan fingerprint density at radius 1 is 1.42 bits per heavy atom. The van der Waals surface area contributed by atoms with Crippen molar-refractivity contribution in [3.8, 4) is 5.75 Å². The van der Waals surface area contributed by atoms with E-state index in [0.717, 1.165) is 23.4 Å². The van der Waals surface area contributed by atoms with Crippen molar-refractivity contribution < 1.29 is 4.74 Å². The molecule has 64 valence electrons. The number of anilines is 1. The molecule has 1 aliphatic rings. The Kier molecular flexibility index (Phi) is 1.50. The molecular weight excluding hydrogens is 150 g/mol. The summed E-state index contributed by atoms with van der Waals surface area (Å²) in [6, 6.07) is 2.16. The minimum absolute atomic E-state index is 0.802. The van der Waals surface area contributed by atoms with Gasteiger partial charge in [-0.15, -0.1) is 0 Å². The van der Waals surface area contributed by atoms with Gasteiger partial charge in [0.15, 0.2) is 0 Å². The summed E-state index contributed by atoms with van der Waals surface area (Å²) in [5.74, 6) is 0.899. The van der Waals surface area contributed by atoms with Gasteiger partial charge in [-0.1, -0.05) is 6.07 Å². The SMILES string of the molecule is COc1c(N)c(C)cc2c1CC2. The van der Waals surface area contributed by atoms with Crippen molar-refractivity contribution in [2.75, 3.05) is 12.8 Å². The Hall–Kier alpha value is -1.18. The first kappa shape index (κ1) is 7.47. The summed E-state index contributed by atoms with van der Waals surface area (Å²) in [7, 11) is 1.68. The van der Waals surface area contributed by atoms with Crippen molar-refractivity contribution in [3.63, 3.8) is 0 Å². The number of benzene rings is 1. The van der Waals surface area contributed by atoms with Gasteiger partial charge >= 0.3 is 0 Å². The van der Waals surface area contributed by atoms with Gasteiger partial charge in [-0.3, -0.25) is 0 Å². The second-order valence-corrected chi connectivity index (χ2v) is 3.28. The predicted molar refractivity (Wildman–Crippen MR) is 49.6 cm³/mol. The van der Waals surface area contributed by atoms with E-state index >= 15 is 0 Å². The smallest absolute Gasteiger partial charge is 0.145 e. The van der Waals surface area contributed by atoms with E-state index in [1.54, 1.807) is 7.11 Å². The molecular formula is C10H13NO. The van der Waals surface area contributed by atoms with E-state index in [2.05, 4.69) is 6.07 Å². The molecule has 0 bridgehead atoms. The third kappa shape index (κ3) is 0.809. The number of aryl methyl sites for hydroxylation is 2. The molecule has 0 saturated carbocycles. The van der Waals surface area contributed by atoms with Gasteiger partial charge in [0.25, 0.3) is 0 Å². The van der Waals surface area contributed by atoms with E-state index < -0.39 is 0 Å². The van der Waals surface area contributed by atoms with Gasteiger partial charge in [-0.05, 0) is 36.5 Å². The fourth-order valence-electron chi connectivity index (χ4n) is 1.73. The van der Waals surface area contributed by atoms with Gasteiger partial charge in [0.05, 0.1) is 12.8 Å². The van der Waals surface area contributed by atoms with Crippen LogP contribution in [0.15, 0.2) is 6.07 Å². The Labute approximate surface area is 72.3 Å². The molecule has 1 aromatic rings. The van der Waals surface area contributed by atoms with Crippen LogP contribution in [-0.4, -0.2) is 7.11 Å². The van der Waals surface area contributed by atoms with Crippen LogP contribution in [0.5, 0.6) is 5.75 Å². The zero-order valence-corrected chi connectivity index (χ0v) is 7.48. The first-order valence-corrected chi connectivity index (χ1v) is 4.19. The average Bonchev–Trinajstić information content (AvgIpc) is 2.04. The molecule has 0 radical (unpaired) electrons. The van der Waals surface area contributed by atoms with Gasteiger partial charge in [-0.2, -0.15) is 0 Å². The van der Waals surface area contributed by atoms with Crippen LogP contribution in [0, 0.1) is 6.92 Å². The summed E-state index contributed by atoms with van der Waals surface area (Å²) in [6.07, 6.45) is 2.29. The maximum Gasteiger partial charge on any atom is 0.145 e. The van der Waals surface area contributed by atoms with E-state index in [1.165, 1.54) is 17.5 Å². The molecule has 0 heterocycles. The van der Waals surface area contributed by atoms with Crippen molar-refractivity contribution in [3.05, 3.63) is 22.8 Å². The Morgan fingerprint density at radius 3 is 2.67 bits per heavy atom. The van der Waals surface area contributed by atoms with Crippen LogP contribution in [0.3, 0.4) is 0 Å². The van der Waals surface area contributed by atoms with Crippen molar-refractivity contribution in [2.24, 2.45) is 0 Å². The number of hydrogen-bond donors (Lipinski definition) is 1. The molecule has 2 N–H and O–H groups in total. The summed E-state index contributed by atoms with van der Waals surface area (Å²) in [5, 5.41) is 0. The predicted octanol–water partition coefficient (Wildman–Crippen LogP) is 1.68. The zero-order valence-electron chi connectivity index (χ0n) is 7.48. The minimum atomic E-state index is 0.802. The topological polar surface area (TPSA) is 35.2 Å². The van der Waals surface area contributed by atoms with Gasteiger partial charge in [0.1, 0.15) is 5.75 Å². The van der Waals surface area contributed by atoms with E-state index in [4.69, 9.17) is 10.5 Å². The Balaban J connectivity index is 2.64. The molecule has 1 aliphatic carbocycles. The molecule has 0 atom stereocenters. The van der Waals surface area contributed by atoms with Crippen LogP contribution in [0.2, 0.25) is 0 Å². The Bertz CT molecular complexity index is 317. The summed E-state index contributed by atoms with van der Waals surface area (Å²) >= 11 is 0. The van der Waals surface area contributed by atoms with Crippen molar-refractivity contribution >= 4 is 5.69 Å². The molecule has 0 amide bonds. The molecule has 1 aromatic carbocycles. The maximum atomic E-state index is 5.87. The fraction of sp³-hybridized carbons (Fsp3) is 0.400. The Morgan fingerprint density at radius 2 is 2.17 bits per heavy atom. The molecule has 0 fully saturated rings. The highest BCUT2D eigenvalue weighted by atomic mass is 16.5. The van der Waals surface area contributed by atoms with Crippen LogP contribution in [0.25, 0.3) is 0 Å². The quantitative estimate of drug-likeness (QED) is 0.639. The molecule has 0 aliphatic heterocycles. The van der Waals surface area contributed by atoms with Crippen LogP contribution >= 0.6 is 0 Å². The first-order chi connectivity index (χ1) is 5.74. The normalized spacial score (nSPS) is 13.5. The standard InChI is InChI=1S/C10H13NO/c1-6-5-7-3-4-8(7)10(12-2)9(6)11/h5H,3-4,11H2,1-2H3. The van der Waals surface area contributed by atoms with E-state index in [1.807, 2.05) is 6.92 Å². The van der Waals surface area contributed by atoms with Crippen molar-refractivity contribution in [1.82, 2.24) is 0 Å². The molecule has 0 saturated heterocycles. The largest absolute Gasteiger partial charge is 0.494 e. The minimum Gasteiger partial charge on any atom is -0.494 e. The molecule has 2 rings (SSSR count). The van der Waals surface area contributed by atoms with Gasteiger partial charge in [0.2, 0.25) is 0 Å². The van der Waals surface area contributed by atoms with Gasteiger partial charge in [-0.25, -0.2) is 0 Å². The third-order valence-corrected chi connectivity index (χ3v) is 2.57. The second kappa shape index (κ2) is 2.41. The third-order valence-electron chi connectivity index (χ3n) is 2.57. The summed E-state index contributed by atoms with van der Waals surface area (Å²) in [4.78, 5) is 0. The summed E-state index contributed by atoms with van der Waals surface area (Å²) in [6.45, 7) is 2.02. The maximum absolute atomic E-state index is 5.87. The number of ether oxygens (including phenoxy) is 1. The zero-order chi connectivity index (χ0) is 8.72. The van der Waals surface area contributed by atoms with E-state index in [9.17, 15) is 0 Å². The second-order valence-electron chi connectivity index (χ2n) is 3.28. The van der Waals surface area contributed by atoms with Crippen LogP contribution in [0.1, 0.15) is 16.7 Å². The fourth-order valence-corrected chi connectivity index (χ4v) is 1.73. The lowest BCUT2D eigenvalue weighted by Gasteiger charge is -2.24. The van der Waals surface area contributed by atoms with Crippen LogP contribution in [0.4, 0.5) is 5.69 Å². The highest BCUT2D eigenvalue weighted by molar-refractivity contribution is 5.66. The van der Waals surface area contributed by atoms with Gasteiger partial charge in [0, 0.05) is 0 Å². The lowest BCUT2D eigenvalue weighted by Crippen LogP contribution is -2.12. The summed E-state index contributed by atoms with van der Waals surface area (Å²) in [5.41, 5.74) is 10.5. The van der Waals surface area contributed by atoms with E-state index in [0.29, 0.717) is 0 Å². The lowest BCUT2D eigenvalue weighted by atomic mass is 9.85. The van der Waals surface area contributed by atoms with Gasteiger partial charge < -0.3 is 10.5 Å². The lowest BCUT2D eigenvalue weighted by molar-refractivity contribution is 0.407. The number of rotatable bonds is 1. The molecule has 0 aromatic heterocycles. The van der Waals surface area contributed by atoms with E-state index in [-0.39, 0.29) is 0 Å². The first-order valence-electron chi connectivity index (χ1n) is 4.19. The molecule has 12 heavy (non-hydrogen) atoms. The summed E-state index contributed by atoms with van der Waals surface area (Å²) < 4.78 is 5.26. The average molecular weight is 163 g/mol. The van der Waals surface area contributed by atoms with Crippen molar-refractivity contribution in [1.29, 1.82) is 0 Å². The number of nitrogens with two attached hydrogens (primary N) is 1. The highest BCUT2D eigenvalue weighted by Gasteiger charge is 2.21. The number of nitrogen functional groups attached to an aromatic ring is 1. The van der Waals surface area contributed by atoms with Crippen molar-refractivity contribution in [2.45, 2.75) is 19.8 Å². The molecule has 2 nitrogen and oxygen atoms in total. The van der Waals surface area contributed by atoms with Crippen LogP contribution in [-0.2, 0) is 12.8 Å². The number of hydrogen-bond acceptors (Lipinski definition) is 2. The molecule has 0 unspecified atom stereocenters. The highest BCUT2D eigenvalue weighted by Crippen LogP contribution is 2.38. The molecule has 0 spiro atoms. The molecule has 2 heteroatoms. The number of fused-ring (bicyclic) bond motifs is 1. The number of methoxy groups -OCH3 is 1.